The fraction of sp³-hybridized carbons (Fsp3) is 0.333. The predicted octanol–water partition coefficient (Wildman–Crippen LogP) is 4.94. The van der Waals surface area contributed by atoms with Gasteiger partial charge in [0.25, 0.3) is 5.91 Å². The van der Waals surface area contributed by atoms with Crippen LogP contribution in [-0.4, -0.2) is 17.4 Å². The molecule has 1 aromatic carbocycles. The zero-order valence-electron chi connectivity index (χ0n) is 14.7. The summed E-state index contributed by atoms with van der Waals surface area (Å²) in [6.45, 7) is 2.83. The Morgan fingerprint density at radius 2 is 2.04 bits per heavy atom. The fourth-order valence-electron chi connectivity index (χ4n) is 3.08. The number of rotatable bonds is 6. The van der Waals surface area contributed by atoms with Gasteiger partial charge >= 0.3 is 0 Å². The first-order valence-electron chi connectivity index (χ1n) is 8.97. The number of benzene rings is 1. The highest BCUT2D eigenvalue weighted by Crippen LogP contribution is 2.20. The molecule has 2 N–H and O–H groups in total. The Balaban J connectivity index is 1.51. The van der Waals surface area contributed by atoms with Gasteiger partial charge in [0.1, 0.15) is 5.82 Å². The summed E-state index contributed by atoms with van der Waals surface area (Å²) in [6.07, 6.45) is 10.3. The van der Waals surface area contributed by atoms with E-state index in [0.29, 0.717) is 11.3 Å². The van der Waals surface area contributed by atoms with Gasteiger partial charge in [0.05, 0.1) is 11.9 Å². The highest BCUT2D eigenvalue weighted by Gasteiger charge is 2.08. The summed E-state index contributed by atoms with van der Waals surface area (Å²) in [4.78, 5) is 16.7. The standard InChI is InChI=1S/C21H25N3O/c1-16-7-5-6-10-19(16)21(25)24-18-11-12-20(23-15-18)22-14-13-17-8-3-2-4-9-17/h5-8,10-12,15H,2-4,9,13-14H2,1H3,(H,22,23)(H,24,25). The maximum atomic E-state index is 12.3. The van der Waals surface area contributed by atoms with Crippen LogP contribution < -0.4 is 10.6 Å². The van der Waals surface area contributed by atoms with Crippen LogP contribution in [0.5, 0.6) is 0 Å². The first-order valence-corrected chi connectivity index (χ1v) is 8.97. The van der Waals surface area contributed by atoms with Crippen molar-refractivity contribution in [1.82, 2.24) is 4.98 Å². The summed E-state index contributed by atoms with van der Waals surface area (Å²) in [5.74, 6) is 0.732. The molecule has 1 aliphatic carbocycles. The molecule has 0 bridgehead atoms. The first kappa shape index (κ1) is 17.2. The Morgan fingerprint density at radius 1 is 1.16 bits per heavy atom. The van der Waals surface area contributed by atoms with E-state index >= 15 is 0 Å². The maximum absolute atomic E-state index is 12.3. The molecule has 3 rings (SSSR count). The molecule has 0 fully saturated rings. The average molecular weight is 335 g/mol. The number of anilines is 2. The third-order valence-electron chi connectivity index (χ3n) is 4.55. The number of carbonyl (C=O) groups is 1. The van der Waals surface area contributed by atoms with E-state index in [-0.39, 0.29) is 5.91 Å². The van der Waals surface area contributed by atoms with Gasteiger partial charge in [-0.2, -0.15) is 0 Å². The van der Waals surface area contributed by atoms with E-state index < -0.39 is 0 Å². The molecule has 1 heterocycles. The number of allylic oxidation sites excluding steroid dienone is 1. The molecule has 1 aromatic heterocycles. The molecule has 25 heavy (non-hydrogen) atoms. The zero-order chi connectivity index (χ0) is 17.5. The molecule has 130 valence electrons. The van der Waals surface area contributed by atoms with Gasteiger partial charge < -0.3 is 10.6 Å². The van der Waals surface area contributed by atoms with E-state index in [4.69, 9.17) is 0 Å². The number of nitrogens with one attached hydrogen (secondary N) is 2. The fourth-order valence-corrected chi connectivity index (χ4v) is 3.08. The van der Waals surface area contributed by atoms with Gasteiger partial charge in [0.15, 0.2) is 0 Å². The van der Waals surface area contributed by atoms with E-state index in [1.807, 2.05) is 43.3 Å². The largest absolute Gasteiger partial charge is 0.370 e. The molecule has 4 nitrogen and oxygen atoms in total. The van der Waals surface area contributed by atoms with E-state index in [1.165, 1.54) is 25.7 Å². The van der Waals surface area contributed by atoms with Crippen molar-refractivity contribution in [3.05, 3.63) is 65.4 Å². The Bertz CT molecular complexity index is 750. The summed E-state index contributed by atoms with van der Waals surface area (Å²) < 4.78 is 0. The summed E-state index contributed by atoms with van der Waals surface area (Å²) >= 11 is 0. The zero-order valence-corrected chi connectivity index (χ0v) is 14.7. The summed E-state index contributed by atoms with van der Waals surface area (Å²) in [6, 6.07) is 11.3. The van der Waals surface area contributed by atoms with Crippen molar-refractivity contribution in [2.45, 2.75) is 39.0 Å². The number of amides is 1. The Labute approximate surface area is 149 Å². The number of aromatic nitrogens is 1. The predicted molar refractivity (Wildman–Crippen MR) is 103 cm³/mol. The van der Waals surface area contributed by atoms with Gasteiger partial charge in [0, 0.05) is 12.1 Å². The van der Waals surface area contributed by atoms with Crippen molar-refractivity contribution >= 4 is 17.4 Å². The highest BCUT2D eigenvalue weighted by atomic mass is 16.1. The van der Waals surface area contributed by atoms with Crippen molar-refractivity contribution in [2.24, 2.45) is 0 Å². The lowest BCUT2D eigenvalue weighted by Gasteiger charge is -2.13. The van der Waals surface area contributed by atoms with Gasteiger partial charge in [0.2, 0.25) is 0 Å². The quantitative estimate of drug-likeness (QED) is 0.735. The van der Waals surface area contributed by atoms with Crippen molar-refractivity contribution in [1.29, 1.82) is 0 Å². The lowest BCUT2D eigenvalue weighted by molar-refractivity contribution is 0.102. The molecule has 0 saturated carbocycles. The van der Waals surface area contributed by atoms with E-state index in [1.54, 1.807) is 11.8 Å². The van der Waals surface area contributed by atoms with Gasteiger partial charge in [-0.25, -0.2) is 4.98 Å². The third-order valence-corrected chi connectivity index (χ3v) is 4.55. The number of nitrogens with zero attached hydrogens (tertiary/aromatic N) is 1. The number of aryl methyl sites for hydroxylation is 1. The number of hydrogen-bond acceptors (Lipinski definition) is 3. The lowest BCUT2D eigenvalue weighted by Crippen LogP contribution is -2.13. The molecule has 1 aliphatic rings. The van der Waals surface area contributed by atoms with Gasteiger partial charge in [-0.15, -0.1) is 0 Å². The molecular weight excluding hydrogens is 310 g/mol. The van der Waals surface area contributed by atoms with Gasteiger partial charge in [-0.1, -0.05) is 29.8 Å². The molecule has 1 amide bonds. The Kier molecular flexibility index (Phi) is 5.83. The number of pyridine rings is 1. The molecule has 0 saturated heterocycles. The molecule has 2 aromatic rings. The topological polar surface area (TPSA) is 54.0 Å². The SMILES string of the molecule is Cc1ccccc1C(=O)Nc1ccc(NCCC2=CCCCC2)nc1. The van der Waals surface area contributed by atoms with Crippen molar-refractivity contribution in [3.8, 4) is 0 Å². The van der Waals surface area contributed by atoms with Crippen LogP contribution in [0.2, 0.25) is 0 Å². The van der Waals surface area contributed by atoms with Crippen molar-refractivity contribution in [2.75, 3.05) is 17.2 Å². The van der Waals surface area contributed by atoms with E-state index in [9.17, 15) is 4.79 Å². The number of carbonyl (C=O) groups excluding carboxylic acids is 1. The van der Waals surface area contributed by atoms with Crippen LogP contribution in [0.4, 0.5) is 11.5 Å². The Hall–Kier alpha value is -2.62. The Morgan fingerprint density at radius 3 is 2.76 bits per heavy atom. The maximum Gasteiger partial charge on any atom is 0.255 e. The molecule has 0 aliphatic heterocycles. The highest BCUT2D eigenvalue weighted by molar-refractivity contribution is 6.05. The van der Waals surface area contributed by atoms with Crippen molar-refractivity contribution < 1.29 is 4.79 Å². The van der Waals surface area contributed by atoms with Gasteiger partial charge in [-0.05, 0) is 62.8 Å². The molecular formula is C21H25N3O. The molecule has 4 heteroatoms. The first-order chi connectivity index (χ1) is 12.2. The second kappa shape index (κ2) is 8.47. The van der Waals surface area contributed by atoms with Crippen molar-refractivity contribution in [3.63, 3.8) is 0 Å². The molecule has 0 radical (unpaired) electrons. The van der Waals surface area contributed by atoms with E-state index in [2.05, 4.69) is 21.7 Å². The van der Waals surface area contributed by atoms with Crippen LogP contribution in [-0.2, 0) is 0 Å². The second-order valence-electron chi connectivity index (χ2n) is 6.49. The van der Waals surface area contributed by atoms with E-state index in [0.717, 1.165) is 24.3 Å². The van der Waals surface area contributed by atoms with Crippen LogP contribution in [0.15, 0.2) is 54.2 Å². The van der Waals surface area contributed by atoms with Crippen LogP contribution in [0, 0.1) is 6.92 Å². The minimum atomic E-state index is -0.107. The van der Waals surface area contributed by atoms with Crippen LogP contribution >= 0.6 is 0 Å². The molecule has 0 unspecified atom stereocenters. The minimum absolute atomic E-state index is 0.107. The lowest BCUT2D eigenvalue weighted by atomic mass is 9.97. The summed E-state index contributed by atoms with van der Waals surface area (Å²) in [5, 5.41) is 6.24. The third kappa shape index (κ3) is 4.92. The monoisotopic (exact) mass is 335 g/mol. The number of hydrogen-bond donors (Lipinski definition) is 2. The van der Waals surface area contributed by atoms with Crippen LogP contribution in [0.3, 0.4) is 0 Å². The average Bonchev–Trinajstić information content (AvgIpc) is 2.64. The normalized spacial score (nSPS) is 13.9. The van der Waals surface area contributed by atoms with Crippen LogP contribution in [0.1, 0.15) is 48.0 Å². The van der Waals surface area contributed by atoms with Crippen LogP contribution in [0.25, 0.3) is 0 Å². The molecule has 0 atom stereocenters. The summed E-state index contributed by atoms with van der Waals surface area (Å²) in [5.41, 5.74) is 3.91. The van der Waals surface area contributed by atoms with Gasteiger partial charge in [-0.3, -0.25) is 4.79 Å². The minimum Gasteiger partial charge on any atom is -0.370 e. The second-order valence-corrected chi connectivity index (χ2v) is 6.49. The molecule has 0 spiro atoms. The smallest absolute Gasteiger partial charge is 0.255 e. The summed E-state index contributed by atoms with van der Waals surface area (Å²) in [7, 11) is 0.